The predicted octanol–water partition coefficient (Wildman–Crippen LogP) is 1.88. The first-order valence-electron chi connectivity index (χ1n) is 10.8. The third-order valence-corrected chi connectivity index (χ3v) is 6.79. The van der Waals surface area contributed by atoms with Gasteiger partial charge < -0.3 is 25.0 Å². The first-order valence-corrected chi connectivity index (χ1v) is 12.1. The summed E-state index contributed by atoms with van der Waals surface area (Å²) in [6.07, 6.45) is 0.797. The second-order valence-corrected chi connectivity index (χ2v) is 9.53. The number of hydrogen-bond acceptors (Lipinski definition) is 9. The van der Waals surface area contributed by atoms with Gasteiger partial charge in [-0.3, -0.25) is 4.98 Å². The minimum absolute atomic E-state index is 0.000870. The molecule has 0 aliphatic carbocycles. The number of likely N-dealkylation sites (N-methyl/N-ethyl adjacent to an activating group) is 1. The van der Waals surface area contributed by atoms with Crippen molar-refractivity contribution in [3.63, 3.8) is 0 Å². The lowest BCUT2D eigenvalue weighted by Crippen LogP contribution is -2.68. The number of hydrogen-bond donors (Lipinski definition) is 4. The minimum atomic E-state index is -1.61. The Morgan fingerprint density at radius 1 is 1.25 bits per heavy atom. The summed E-state index contributed by atoms with van der Waals surface area (Å²) in [4.78, 5) is 4.21. The highest BCUT2D eigenvalue weighted by atomic mass is 79.9. The number of ether oxygens (including phenoxy) is 2. The third-order valence-electron chi connectivity index (χ3n) is 5.96. The monoisotopic (exact) mass is 589 g/mol. The number of rotatable bonds is 8. The second-order valence-electron chi connectivity index (χ2n) is 8.11. The van der Waals surface area contributed by atoms with E-state index in [9.17, 15) is 23.4 Å². The predicted molar refractivity (Wildman–Crippen MR) is 129 cm³/mol. The molecule has 0 unspecified atom stereocenters. The van der Waals surface area contributed by atoms with Gasteiger partial charge in [-0.25, -0.2) is 17.9 Å². The van der Waals surface area contributed by atoms with E-state index in [4.69, 9.17) is 9.47 Å². The lowest BCUT2D eigenvalue weighted by atomic mass is 9.76. The van der Waals surface area contributed by atoms with Crippen molar-refractivity contribution in [1.29, 1.82) is 0 Å². The van der Waals surface area contributed by atoms with E-state index in [-0.39, 0.29) is 17.9 Å². The van der Waals surface area contributed by atoms with Crippen LogP contribution < -0.4 is 5.32 Å². The summed E-state index contributed by atoms with van der Waals surface area (Å²) >= 11 is 7.92. The highest BCUT2D eigenvalue weighted by molar-refractivity contribution is 9.10. The van der Waals surface area contributed by atoms with Crippen LogP contribution in [0.15, 0.2) is 41.3 Å². The molecule has 1 fully saturated rings. The van der Waals surface area contributed by atoms with Crippen molar-refractivity contribution in [2.45, 2.75) is 29.3 Å². The number of aliphatic hydroxyl groups is 2. The summed E-state index contributed by atoms with van der Waals surface area (Å²) in [6.45, 7) is 0.0951. The summed E-state index contributed by atoms with van der Waals surface area (Å²) in [7, 11) is 1.74. The molecule has 4 rings (SSSR count). The summed E-state index contributed by atoms with van der Waals surface area (Å²) in [5.74, 6) is -4.38. The maximum absolute atomic E-state index is 13.9. The van der Waals surface area contributed by atoms with Crippen LogP contribution >= 0.6 is 28.6 Å². The summed E-state index contributed by atoms with van der Waals surface area (Å²) in [5, 5.41) is 32.7. The first-order chi connectivity index (χ1) is 17.2. The minimum Gasteiger partial charge on any atom is -0.394 e. The second kappa shape index (κ2) is 11.1. The SMILES string of the molecule is CNCCO[C@@H]1[C@H](S)O[C@@H](CO)[C@@H](O)[C@@]1(c1cncc(Br)c1)n1cc(-c2cc(F)c(F)c(F)c2)nn1. The van der Waals surface area contributed by atoms with Gasteiger partial charge in [0.05, 0.1) is 19.4 Å². The van der Waals surface area contributed by atoms with Crippen LogP contribution in [0.4, 0.5) is 13.2 Å². The Morgan fingerprint density at radius 2 is 1.97 bits per heavy atom. The zero-order chi connectivity index (χ0) is 26.0. The van der Waals surface area contributed by atoms with Gasteiger partial charge in [0, 0.05) is 34.5 Å². The molecule has 9 nitrogen and oxygen atoms in total. The molecule has 194 valence electrons. The molecule has 1 aliphatic rings. The van der Waals surface area contributed by atoms with E-state index in [1.54, 1.807) is 13.1 Å². The Hall–Kier alpha value is -2.07. The number of nitrogens with one attached hydrogen (secondary N) is 1. The van der Waals surface area contributed by atoms with Gasteiger partial charge in [-0.15, -0.1) is 17.7 Å². The van der Waals surface area contributed by atoms with E-state index in [1.165, 1.54) is 23.3 Å². The average Bonchev–Trinajstić information content (AvgIpc) is 3.35. The van der Waals surface area contributed by atoms with E-state index >= 15 is 0 Å². The molecule has 2 aromatic heterocycles. The van der Waals surface area contributed by atoms with Gasteiger partial charge in [0.1, 0.15) is 35.0 Å². The fourth-order valence-electron chi connectivity index (χ4n) is 4.28. The summed E-state index contributed by atoms with van der Waals surface area (Å²) in [6, 6.07) is 3.27. The quantitative estimate of drug-likeness (QED) is 0.179. The molecule has 3 N–H and O–H groups in total. The van der Waals surface area contributed by atoms with Gasteiger partial charge in [-0.05, 0) is 41.2 Å². The fourth-order valence-corrected chi connectivity index (χ4v) is 5.11. The van der Waals surface area contributed by atoms with Gasteiger partial charge in [0.2, 0.25) is 0 Å². The van der Waals surface area contributed by atoms with Crippen molar-refractivity contribution in [2.24, 2.45) is 0 Å². The Balaban J connectivity index is 1.93. The Kier molecular flexibility index (Phi) is 8.34. The van der Waals surface area contributed by atoms with Crippen LogP contribution in [0.25, 0.3) is 11.3 Å². The molecule has 14 heteroatoms. The zero-order valence-electron chi connectivity index (χ0n) is 18.9. The molecule has 36 heavy (non-hydrogen) atoms. The van der Waals surface area contributed by atoms with Crippen molar-refractivity contribution >= 4 is 28.6 Å². The molecule has 0 saturated carbocycles. The zero-order valence-corrected chi connectivity index (χ0v) is 21.3. The number of halogens is 4. The molecule has 5 atom stereocenters. The van der Waals surface area contributed by atoms with Gasteiger partial charge >= 0.3 is 0 Å². The number of nitrogens with zero attached hydrogens (tertiary/aromatic N) is 4. The topological polar surface area (TPSA) is 115 Å². The number of aliphatic hydroxyl groups excluding tert-OH is 2. The number of benzene rings is 1. The van der Waals surface area contributed by atoms with Crippen LogP contribution in [0.2, 0.25) is 0 Å². The summed E-state index contributed by atoms with van der Waals surface area (Å²) < 4.78 is 55.1. The highest BCUT2D eigenvalue weighted by Gasteiger charge is 2.59. The third kappa shape index (κ3) is 4.78. The maximum atomic E-state index is 13.9. The van der Waals surface area contributed by atoms with E-state index in [0.29, 0.717) is 16.6 Å². The Morgan fingerprint density at radius 3 is 2.61 bits per heavy atom. The fraction of sp³-hybridized carbons (Fsp3) is 0.409. The van der Waals surface area contributed by atoms with Crippen molar-refractivity contribution < 1.29 is 32.9 Å². The smallest absolute Gasteiger partial charge is 0.194 e. The van der Waals surface area contributed by atoms with Gasteiger partial charge in [0.15, 0.2) is 17.5 Å². The number of aromatic nitrogens is 4. The normalized spacial score (nSPS) is 26.3. The van der Waals surface area contributed by atoms with Crippen LogP contribution in [-0.2, 0) is 15.0 Å². The maximum Gasteiger partial charge on any atom is 0.194 e. The average molecular weight is 590 g/mol. The van der Waals surface area contributed by atoms with Crippen molar-refractivity contribution in [2.75, 3.05) is 26.8 Å². The molecule has 0 bridgehead atoms. The van der Waals surface area contributed by atoms with E-state index in [0.717, 1.165) is 12.1 Å². The highest BCUT2D eigenvalue weighted by Crippen LogP contribution is 2.44. The molecular weight excluding hydrogens is 567 g/mol. The van der Waals surface area contributed by atoms with Crippen LogP contribution in [-0.4, -0.2) is 80.7 Å². The number of pyridine rings is 1. The van der Waals surface area contributed by atoms with Gasteiger partial charge in [0.25, 0.3) is 0 Å². The lowest BCUT2D eigenvalue weighted by Gasteiger charge is -2.51. The first kappa shape index (κ1) is 27.0. The van der Waals surface area contributed by atoms with Gasteiger partial charge in [-0.2, -0.15) is 0 Å². The van der Waals surface area contributed by atoms with E-state index in [1.807, 2.05) is 0 Å². The summed E-state index contributed by atoms with van der Waals surface area (Å²) in [5.41, 5.74) is -2.22. The van der Waals surface area contributed by atoms with Crippen LogP contribution in [0.5, 0.6) is 0 Å². The standard InChI is InChI=1S/C22H23BrF3N5O4S/c1-27-2-3-34-20-21(36)35-17(10-32)19(33)22(20,12-6-13(23)8-28-7-12)31-9-16(29-30-31)11-4-14(24)18(26)15(25)5-11/h4-9,17,19-21,27,32-33,36H,2-3,10H2,1H3/t17-,19+,20+,21-,22+/m0/s1. The van der Waals surface area contributed by atoms with Crippen LogP contribution in [0, 0.1) is 17.5 Å². The molecule has 1 aliphatic heterocycles. The molecule has 3 heterocycles. The van der Waals surface area contributed by atoms with Crippen molar-refractivity contribution in [3.05, 3.63) is 64.3 Å². The van der Waals surface area contributed by atoms with Crippen LogP contribution in [0.1, 0.15) is 5.56 Å². The molecule has 0 amide bonds. The molecular formula is C22H23BrF3N5O4S. The molecule has 0 radical (unpaired) electrons. The lowest BCUT2D eigenvalue weighted by molar-refractivity contribution is -0.219. The Bertz CT molecular complexity index is 1200. The molecule has 1 aromatic carbocycles. The molecule has 3 aromatic rings. The van der Waals surface area contributed by atoms with Crippen LogP contribution in [0.3, 0.4) is 0 Å². The van der Waals surface area contributed by atoms with E-state index < -0.39 is 53.3 Å². The molecule has 1 saturated heterocycles. The number of thiol groups is 1. The van der Waals surface area contributed by atoms with Crippen molar-refractivity contribution in [1.82, 2.24) is 25.3 Å². The van der Waals surface area contributed by atoms with Crippen molar-refractivity contribution in [3.8, 4) is 11.3 Å². The van der Waals surface area contributed by atoms with Gasteiger partial charge in [-0.1, -0.05) is 5.21 Å². The Labute approximate surface area is 218 Å². The molecule has 0 spiro atoms. The van der Waals surface area contributed by atoms with E-state index in [2.05, 4.69) is 49.2 Å². The largest absolute Gasteiger partial charge is 0.394 e.